The standard InChI is InChI=1S/C20H19F3N4O3S/c1-30-14-5-8-24-16-15(14)25-17(31-16)26-18(28)27-9-6-19(29,7-10-27)12-3-2-4-13(11-12)20(21,22)23/h2-5,8,11,29H,6-7,9-10H2,1H3,(H,25,26,28). The number of carbonyl (C=O) groups excluding carboxylic acids is 1. The zero-order chi connectivity index (χ0) is 22.2. The van der Waals surface area contributed by atoms with E-state index >= 15 is 0 Å². The van der Waals surface area contributed by atoms with Gasteiger partial charge >= 0.3 is 12.2 Å². The number of piperidine rings is 1. The molecular formula is C20H19F3N4O3S. The third-order valence-electron chi connectivity index (χ3n) is 5.30. The molecule has 11 heteroatoms. The van der Waals surface area contributed by atoms with Crippen LogP contribution in [-0.4, -0.2) is 46.2 Å². The number of likely N-dealkylation sites (tertiary alicyclic amines) is 1. The number of aliphatic hydroxyl groups is 1. The Hall–Kier alpha value is -2.92. The maximum atomic E-state index is 13.0. The van der Waals surface area contributed by atoms with Crippen LogP contribution in [0.4, 0.5) is 23.1 Å². The van der Waals surface area contributed by atoms with E-state index in [-0.39, 0.29) is 31.5 Å². The first-order valence-corrected chi connectivity index (χ1v) is 10.3. The van der Waals surface area contributed by atoms with E-state index in [1.807, 2.05) is 0 Å². The number of ether oxygens (including phenoxy) is 1. The van der Waals surface area contributed by atoms with E-state index in [0.717, 1.165) is 12.1 Å². The summed E-state index contributed by atoms with van der Waals surface area (Å²) in [5, 5.41) is 14.0. The van der Waals surface area contributed by atoms with Crippen molar-refractivity contribution in [1.82, 2.24) is 14.9 Å². The van der Waals surface area contributed by atoms with Gasteiger partial charge in [-0.3, -0.25) is 5.32 Å². The average molecular weight is 452 g/mol. The third-order valence-corrected chi connectivity index (χ3v) is 6.18. The van der Waals surface area contributed by atoms with Crippen LogP contribution in [0.2, 0.25) is 0 Å². The number of carbonyl (C=O) groups is 1. The van der Waals surface area contributed by atoms with Gasteiger partial charge in [0.1, 0.15) is 16.1 Å². The van der Waals surface area contributed by atoms with Crippen LogP contribution < -0.4 is 10.1 Å². The minimum atomic E-state index is -4.48. The Bertz CT molecular complexity index is 1110. The summed E-state index contributed by atoms with van der Waals surface area (Å²) in [6.07, 6.45) is -2.65. The summed E-state index contributed by atoms with van der Waals surface area (Å²) in [6, 6.07) is 5.97. The summed E-state index contributed by atoms with van der Waals surface area (Å²) < 4.78 is 44.2. The van der Waals surface area contributed by atoms with E-state index in [2.05, 4.69) is 15.3 Å². The van der Waals surface area contributed by atoms with Crippen LogP contribution in [0.25, 0.3) is 10.3 Å². The molecule has 0 unspecified atom stereocenters. The fraction of sp³-hybridized carbons (Fsp3) is 0.350. The zero-order valence-electron chi connectivity index (χ0n) is 16.4. The number of halogens is 3. The lowest BCUT2D eigenvalue weighted by molar-refractivity contribution is -0.137. The molecule has 0 atom stereocenters. The number of anilines is 1. The van der Waals surface area contributed by atoms with Gasteiger partial charge < -0.3 is 14.7 Å². The molecule has 3 heterocycles. The number of alkyl halides is 3. The summed E-state index contributed by atoms with van der Waals surface area (Å²) in [6.45, 7) is 0.371. The summed E-state index contributed by atoms with van der Waals surface area (Å²) in [7, 11) is 1.52. The fourth-order valence-electron chi connectivity index (χ4n) is 3.55. The maximum absolute atomic E-state index is 13.0. The quantitative estimate of drug-likeness (QED) is 0.621. The fourth-order valence-corrected chi connectivity index (χ4v) is 4.37. The Morgan fingerprint density at radius 3 is 2.71 bits per heavy atom. The van der Waals surface area contributed by atoms with Crippen molar-refractivity contribution in [3.05, 3.63) is 47.7 Å². The number of methoxy groups -OCH3 is 1. The number of rotatable bonds is 3. The maximum Gasteiger partial charge on any atom is 0.416 e. The van der Waals surface area contributed by atoms with Gasteiger partial charge in [0.15, 0.2) is 5.13 Å². The molecule has 0 radical (unpaired) electrons. The van der Waals surface area contributed by atoms with E-state index in [0.29, 0.717) is 21.2 Å². The van der Waals surface area contributed by atoms with Gasteiger partial charge in [-0.1, -0.05) is 23.5 Å². The van der Waals surface area contributed by atoms with Crippen LogP contribution in [0, 0.1) is 0 Å². The van der Waals surface area contributed by atoms with Crippen LogP contribution in [0.1, 0.15) is 24.0 Å². The predicted molar refractivity (Wildman–Crippen MR) is 109 cm³/mol. The number of hydrogen-bond donors (Lipinski definition) is 2. The van der Waals surface area contributed by atoms with Crippen molar-refractivity contribution in [1.29, 1.82) is 0 Å². The number of urea groups is 1. The molecule has 1 aliphatic heterocycles. The van der Waals surface area contributed by atoms with Crippen molar-refractivity contribution in [2.45, 2.75) is 24.6 Å². The van der Waals surface area contributed by atoms with Gasteiger partial charge in [-0.15, -0.1) is 0 Å². The first-order chi connectivity index (χ1) is 14.7. The van der Waals surface area contributed by atoms with E-state index < -0.39 is 23.4 Å². The number of thiazole rings is 1. The minimum absolute atomic E-state index is 0.122. The molecule has 2 amide bonds. The summed E-state index contributed by atoms with van der Waals surface area (Å²) in [5.74, 6) is 0.547. The number of nitrogens with zero attached hydrogens (tertiary/aromatic N) is 3. The minimum Gasteiger partial charge on any atom is -0.494 e. The molecule has 2 aromatic heterocycles. The number of pyridine rings is 1. The van der Waals surface area contributed by atoms with Crippen LogP contribution in [-0.2, 0) is 11.8 Å². The Morgan fingerprint density at radius 1 is 1.29 bits per heavy atom. The van der Waals surface area contributed by atoms with Gasteiger partial charge in [0, 0.05) is 25.4 Å². The van der Waals surface area contributed by atoms with E-state index in [9.17, 15) is 23.1 Å². The Balaban J connectivity index is 1.43. The lowest BCUT2D eigenvalue weighted by Gasteiger charge is -2.38. The predicted octanol–water partition coefficient (Wildman–Crippen LogP) is 4.23. The highest BCUT2D eigenvalue weighted by atomic mass is 32.1. The summed E-state index contributed by atoms with van der Waals surface area (Å²) >= 11 is 1.20. The Kier molecular flexibility index (Phi) is 5.48. The number of hydrogen-bond acceptors (Lipinski definition) is 6. The number of aromatic nitrogens is 2. The first-order valence-electron chi connectivity index (χ1n) is 9.45. The molecule has 4 rings (SSSR count). The van der Waals surface area contributed by atoms with Gasteiger partial charge in [-0.05, 0) is 30.5 Å². The van der Waals surface area contributed by atoms with Crippen LogP contribution in [0.3, 0.4) is 0 Å². The van der Waals surface area contributed by atoms with Gasteiger partial charge in [-0.2, -0.15) is 13.2 Å². The largest absolute Gasteiger partial charge is 0.494 e. The lowest BCUT2D eigenvalue weighted by Crippen LogP contribution is -2.46. The molecule has 0 spiro atoms. The number of benzene rings is 1. The van der Waals surface area contributed by atoms with E-state index in [1.54, 1.807) is 12.3 Å². The van der Waals surface area contributed by atoms with Crippen LogP contribution in [0.15, 0.2) is 36.5 Å². The highest BCUT2D eigenvalue weighted by Crippen LogP contribution is 2.37. The number of fused-ring (bicyclic) bond motifs is 1. The molecule has 1 saturated heterocycles. The van der Waals surface area contributed by atoms with Crippen molar-refractivity contribution in [2.24, 2.45) is 0 Å². The molecule has 164 valence electrons. The second-order valence-electron chi connectivity index (χ2n) is 7.21. The van der Waals surface area contributed by atoms with E-state index in [4.69, 9.17) is 4.74 Å². The molecule has 7 nitrogen and oxygen atoms in total. The molecule has 0 bridgehead atoms. The molecule has 31 heavy (non-hydrogen) atoms. The summed E-state index contributed by atoms with van der Waals surface area (Å²) in [5.41, 5.74) is -1.49. The lowest BCUT2D eigenvalue weighted by atomic mass is 9.84. The topological polar surface area (TPSA) is 87.6 Å². The van der Waals surface area contributed by atoms with Gasteiger partial charge in [0.2, 0.25) is 0 Å². The van der Waals surface area contributed by atoms with Gasteiger partial charge in [0.25, 0.3) is 0 Å². The van der Waals surface area contributed by atoms with Crippen LogP contribution >= 0.6 is 11.3 Å². The molecule has 2 N–H and O–H groups in total. The zero-order valence-corrected chi connectivity index (χ0v) is 17.3. The van der Waals surface area contributed by atoms with Crippen molar-refractivity contribution >= 4 is 32.8 Å². The van der Waals surface area contributed by atoms with Gasteiger partial charge in [-0.25, -0.2) is 14.8 Å². The van der Waals surface area contributed by atoms with Crippen molar-refractivity contribution < 1.29 is 27.8 Å². The number of nitrogens with one attached hydrogen (secondary N) is 1. The van der Waals surface area contributed by atoms with Crippen molar-refractivity contribution in [3.8, 4) is 5.75 Å². The monoisotopic (exact) mass is 452 g/mol. The molecule has 0 aliphatic carbocycles. The molecule has 3 aromatic rings. The highest BCUT2D eigenvalue weighted by molar-refractivity contribution is 7.22. The van der Waals surface area contributed by atoms with Crippen molar-refractivity contribution in [3.63, 3.8) is 0 Å². The van der Waals surface area contributed by atoms with Crippen LogP contribution in [0.5, 0.6) is 5.75 Å². The Morgan fingerprint density at radius 2 is 2.03 bits per heavy atom. The SMILES string of the molecule is COc1ccnc2sc(NC(=O)N3CCC(O)(c4cccc(C(F)(F)F)c4)CC3)nc12. The highest BCUT2D eigenvalue weighted by Gasteiger charge is 2.38. The normalized spacial score (nSPS) is 16.4. The number of amides is 2. The Labute approximate surface area is 179 Å². The van der Waals surface area contributed by atoms with Crippen molar-refractivity contribution in [2.75, 3.05) is 25.5 Å². The second-order valence-corrected chi connectivity index (χ2v) is 8.19. The second kappa shape index (κ2) is 7.97. The van der Waals surface area contributed by atoms with Gasteiger partial charge in [0.05, 0.1) is 18.3 Å². The molecule has 0 saturated carbocycles. The molecule has 1 aliphatic rings. The molecule has 1 fully saturated rings. The average Bonchev–Trinajstić information content (AvgIpc) is 3.16. The molecule has 1 aromatic carbocycles. The summed E-state index contributed by atoms with van der Waals surface area (Å²) in [4.78, 5) is 23.3. The molecular weight excluding hydrogens is 433 g/mol. The van der Waals surface area contributed by atoms with E-state index in [1.165, 1.54) is 35.5 Å². The smallest absolute Gasteiger partial charge is 0.416 e. The third kappa shape index (κ3) is 4.28. The first kappa shape index (κ1) is 21.3.